The van der Waals surface area contributed by atoms with Crippen molar-refractivity contribution in [2.24, 2.45) is 0 Å². The molecule has 4 heterocycles. The van der Waals surface area contributed by atoms with Crippen LogP contribution in [0, 0.1) is 0 Å². The van der Waals surface area contributed by atoms with E-state index in [1.54, 1.807) is 6.20 Å². The van der Waals surface area contributed by atoms with Gasteiger partial charge < -0.3 is 24.6 Å². The molecule has 0 saturated carbocycles. The maximum absolute atomic E-state index is 13.1. The molecule has 148 valence electrons. The van der Waals surface area contributed by atoms with E-state index in [0.29, 0.717) is 13.1 Å². The smallest absolute Gasteiger partial charge is 0.322 e. The van der Waals surface area contributed by atoms with Crippen LogP contribution in [0.25, 0.3) is 0 Å². The number of amides is 2. The molecule has 4 rings (SSSR count). The lowest BCUT2D eigenvalue weighted by Gasteiger charge is -2.29. The molecule has 7 heteroatoms. The molecule has 3 fully saturated rings. The first-order valence-electron chi connectivity index (χ1n) is 10.3. The zero-order valence-electron chi connectivity index (χ0n) is 15.9. The molecule has 0 bridgehead atoms. The summed E-state index contributed by atoms with van der Waals surface area (Å²) < 4.78 is 11.5. The van der Waals surface area contributed by atoms with Gasteiger partial charge in [-0.05, 0) is 50.7 Å². The Bertz CT molecular complexity index is 605. The van der Waals surface area contributed by atoms with E-state index in [9.17, 15) is 4.79 Å². The van der Waals surface area contributed by atoms with Gasteiger partial charge >= 0.3 is 6.03 Å². The average Bonchev–Trinajstić information content (AvgIpc) is 3.45. The van der Waals surface area contributed by atoms with Crippen LogP contribution in [-0.4, -0.2) is 67.5 Å². The molecule has 2 amide bonds. The van der Waals surface area contributed by atoms with Crippen molar-refractivity contribution in [3.8, 4) is 0 Å². The highest BCUT2D eigenvalue weighted by Crippen LogP contribution is 2.27. The molecule has 0 spiro atoms. The van der Waals surface area contributed by atoms with Gasteiger partial charge in [0.1, 0.15) is 0 Å². The molecule has 1 N–H and O–H groups in total. The van der Waals surface area contributed by atoms with Crippen LogP contribution < -0.4 is 10.2 Å². The Kier molecular flexibility index (Phi) is 6.09. The maximum atomic E-state index is 13.1. The maximum Gasteiger partial charge on any atom is 0.322 e. The Morgan fingerprint density at radius 3 is 2.37 bits per heavy atom. The molecule has 0 aliphatic carbocycles. The lowest BCUT2D eigenvalue weighted by Crippen LogP contribution is -2.44. The molecule has 2 atom stereocenters. The molecule has 0 radical (unpaired) electrons. The third-order valence-electron chi connectivity index (χ3n) is 5.62. The third kappa shape index (κ3) is 4.71. The molecular formula is C20H30N4O3. The first-order chi connectivity index (χ1) is 13.3. The Hall–Kier alpha value is -1.86. The highest BCUT2D eigenvalue weighted by molar-refractivity contribution is 5.92. The van der Waals surface area contributed by atoms with Gasteiger partial charge in [-0.3, -0.25) is 0 Å². The number of carbonyl (C=O) groups excluding carboxylic acids is 1. The molecule has 3 aliphatic heterocycles. The first-order valence-corrected chi connectivity index (χ1v) is 10.3. The van der Waals surface area contributed by atoms with E-state index in [-0.39, 0.29) is 18.2 Å². The number of nitrogens with zero attached hydrogens (tertiary/aromatic N) is 3. The minimum atomic E-state index is -0.0885. The van der Waals surface area contributed by atoms with Crippen molar-refractivity contribution in [2.45, 2.75) is 50.7 Å². The van der Waals surface area contributed by atoms with Crippen molar-refractivity contribution >= 4 is 17.5 Å². The van der Waals surface area contributed by atoms with Crippen molar-refractivity contribution < 1.29 is 14.3 Å². The number of urea groups is 1. The van der Waals surface area contributed by atoms with Gasteiger partial charge in [0.25, 0.3) is 0 Å². The van der Waals surface area contributed by atoms with Crippen LogP contribution in [0.2, 0.25) is 0 Å². The van der Waals surface area contributed by atoms with Crippen LogP contribution in [-0.2, 0) is 9.47 Å². The van der Waals surface area contributed by atoms with Crippen LogP contribution >= 0.6 is 0 Å². The van der Waals surface area contributed by atoms with Crippen LogP contribution in [0.1, 0.15) is 38.5 Å². The van der Waals surface area contributed by atoms with Gasteiger partial charge in [0, 0.05) is 45.6 Å². The SMILES string of the molecule is O=C(Nc1cccnc1N1CCCC1)N(C[C@@H]1CCCO1)C[C@@H]1CCCO1. The van der Waals surface area contributed by atoms with E-state index in [1.807, 2.05) is 17.0 Å². The minimum Gasteiger partial charge on any atom is -0.376 e. The van der Waals surface area contributed by atoms with Crippen LogP contribution in [0.4, 0.5) is 16.3 Å². The third-order valence-corrected chi connectivity index (χ3v) is 5.62. The average molecular weight is 374 g/mol. The molecule has 0 aromatic carbocycles. The number of anilines is 2. The summed E-state index contributed by atoms with van der Waals surface area (Å²) in [5.74, 6) is 0.873. The Morgan fingerprint density at radius 1 is 1.11 bits per heavy atom. The zero-order valence-corrected chi connectivity index (χ0v) is 15.9. The number of pyridine rings is 1. The van der Waals surface area contributed by atoms with Crippen LogP contribution in [0.3, 0.4) is 0 Å². The van der Waals surface area contributed by atoms with E-state index >= 15 is 0 Å². The van der Waals surface area contributed by atoms with Gasteiger partial charge in [0.15, 0.2) is 5.82 Å². The van der Waals surface area contributed by atoms with Gasteiger partial charge in [-0.25, -0.2) is 9.78 Å². The highest BCUT2D eigenvalue weighted by atomic mass is 16.5. The summed E-state index contributed by atoms with van der Waals surface area (Å²) in [5, 5.41) is 3.11. The minimum absolute atomic E-state index is 0.0885. The molecule has 1 aromatic rings. The number of ether oxygens (including phenoxy) is 2. The van der Waals surface area contributed by atoms with E-state index in [1.165, 1.54) is 12.8 Å². The Balaban J connectivity index is 1.45. The molecule has 7 nitrogen and oxygen atoms in total. The fourth-order valence-corrected chi connectivity index (χ4v) is 4.18. The number of hydrogen-bond acceptors (Lipinski definition) is 5. The van der Waals surface area contributed by atoms with Gasteiger partial charge in [0.2, 0.25) is 0 Å². The largest absolute Gasteiger partial charge is 0.376 e. The number of aromatic nitrogens is 1. The predicted octanol–water partition coefficient (Wildman–Crippen LogP) is 2.87. The monoisotopic (exact) mass is 374 g/mol. The van der Waals surface area contributed by atoms with Gasteiger partial charge in [-0.1, -0.05) is 0 Å². The number of carbonyl (C=O) groups is 1. The van der Waals surface area contributed by atoms with E-state index in [4.69, 9.17) is 9.47 Å². The molecular weight excluding hydrogens is 344 g/mol. The summed E-state index contributed by atoms with van der Waals surface area (Å²) in [6.45, 7) is 4.81. The number of rotatable bonds is 6. The molecule has 3 aliphatic rings. The number of nitrogens with one attached hydrogen (secondary N) is 1. The fraction of sp³-hybridized carbons (Fsp3) is 0.700. The first kappa shape index (κ1) is 18.5. The summed E-state index contributed by atoms with van der Waals surface area (Å²) in [7, 11) is 0. The zero-order chi connectivity index (χ0) is 18.5. The van der Waals surface area contributed by atoms with Crippen molar-refractivity contribution in [1.29, 1.82) is 0 Å². The molecule has 1 aromatic heterocycles. The Labute approximate surface area is 161 Å². The standard InChI is InChI=1S/C20H30N4O3/c25-20(22-18-8-3-9-21-19(18)23-10-1-2-11-23)24(14-16-6-4-12-26-16)15-17-7-5-13-27-17/h3,8-9,16-17H,1-2,4-7,10-15H2,(H,22,25)/t16-,17-/m0/s1. The summed E-state index contributed by atoms with van der Waals surface area (Å²) in [6, 6.07) is 3.73. The van der Waals surface area contributed by atoms with Gasteiger partial charge in [-0.2, -0.15) is 0 Å². The summed E-state index contributed by atoms with van der Waals surface area (Å²) >= 11 is 0. The van der Waals surface area contributed by atoms with Crippen LogP contribution in [0.15, 0.2) is 18.3 Å². The second kappa shape index (κ2) is 8.89. The number of hydrogen-bond donors (Lipinski definition) is 1. The lowest BCUT2D eigenvalue weighted by molar-refractivity contribution is 0.0524. The molecule has 3 saturated heterocycles. The second-order valence-electron chi connectivity index (χ2n) is 7.67. The molecule has 27 heavy (non-hydrogen) atoms. The summed E-state index contributed by atoms with van der Waals surface area (Å²) in [6.07, 6.45) is 8.57. The van der Waals surface area contributed by atoms with Crippen LogP contribution in [0.5, 0.6) is 0 Å². The summed E-state index contributed by atoms with van der Waals surface area (Å²) in [4.78, 5) is 21.8. The van der Waals surface area contributed by atoms with Crippen molar-refractivity contribution in [1.82, 2.24) is 9.88 Å². The van der Waals surface area contributed by atoms with Crippen molar-refractivity contribution in [3.05, 3.63) is 18.3 Å². The summed E-state index contributed by atoms with van der Waals surface area (Å²) in [5.41, 5.74) is 0.786. The van der Waals surface area contributed by atoms with Gasteiger partial charge in [-0.15, -0.1) is 0 Å². The van der Waals surface area contributed by atoms with E-state index in [0.717, 1.165) is 63.5 Å². The fourth-order valence-electron chi connectivity index (χ4n) is 4.18. The predicted molar refractivity (Wildman–Crippen MR) is 104 cm³/mol. The van der Waals surface area contributed by atoms with E-state index < -0.39 is 0 Å². The Morgan fingerprint density at radius 2 is 1.78 bits per heavy atom. The van der Waals surface area contributed by atoms with E-state index in [2.05, 4.69) is 15.2 Å². The molecule has 0 unspecified atom stereocenters. The van der Waals surface area contributed by atoms with Crippen molar-refractivity contribution in [2.75, 3.05) is 49.6 Å². The normalized spacial score (nSPS) is 25.1. The highest BCUT2D eigenvalue weighted by Gasteiger charge is 2.28. The van der Waals surface area contributed by atoms with Crippen molar-refractivity contribution in [3.63, 3.8) is 0 Å². The van der Waals surface area contributed by atoms with Gasteiger partial charge in [0.05, 0.1) is 17.9 Å². The quantitative estimate of drug-likeness (QED) is 0.829. The second-order valence-corrected chi connectivity index (χ2v) is 7.67. The topological polar surface area (TPSA) is 66.9 Å². The lowest BCUT2D eigenvalue weighted by atomic mass is 10.2.